The van der Waals surface area contributed by atoms with Gasteiger partial charge in [0.15, 0.2) is 5.96 Å². The number of rotatable bonds is 9. The van der Waals surface area contributed by atoms with Crippen LogP contribution in [0.4, 0.5) is 0 Å². The minimum Gasteiger partial charge on any atom is -0.357 e. The molecule has 7 heteroatoms. The maximum absolute atomic E-state index is 12.3. The van der Waals surface area contributed by atoms with Crippen molar-refractivity contribution in [3.05, 3.63) is 0 Å². The van der Waals surface area contributed by atoms with Crippen LogP contribution in [0.25, 0.3) is 0 Å². The Morgan fingerprint density at radius 3 is 2.23 bits per heavy atom. The Morgan fingerprint density at radius 2 is 1.69 bits per heavy atom. The molecule has 0 radical (unpaired) electrons. The second kappa shape index (κ2) is 14.5. The van der Waals surface area contributed by atoms with Crippen LogP contribution >= 0.6 is 24.0 Å². The monoisotopic (exact) mass is 481 g/mol. The Balaban J connectivity index is 0.00000625. The van der Waals surface area contributed by atoms with Crippen LogP contribution in [-0.4, -0.2) is 86.0 Å². The fraction of sp³-hybridized carbons (Fsp3) is 0.895. The SMILES string of the molecule is CCNC(=NCCN(C)C1CCCCC1)N(C)CC(=O)N(CC)CC.I. The molecule has 1 fully saturated rings. The lowest BCUT2D eigenvalue weighted by Gasteiger charge is -2.31. The van der Waals surface area contributed by atoms with Gasteiger partial charge in [-0.05, 0) is 40.7 Å². The Morgan fingerprint density at radius 1 is 1.08 bits per heavy atom. The maximum atomic E-state index is 12.3. The number of carbonyl (C=O) groups excluding carboxylic acids is 1. The van der Waals surface area contributed by atoms with Crippen molar-refractivity contribution in [3.63, 3.8) is 0 Å². The highest BCUT2D eigenvalue weighted by atomic mass is 127. The topological polar surface area (TPSA) is 51.2 Å². The van der Waals surface area contributed by atoms with Gasteiger partial charge >= 0.3 is 0 Å². The van der Waals surface area contributed by atoms with Gasteiger partial charge in [-0.3, -0.25) is 9.79 Å². The zero-order chi connectivity index (χ0) is 18.7. The maximum Gasteiger partial charge on any atom is 0.242 e. The summed E-state index contributed by atoms with van der Waals surface area (Å²) in [4.78, 5) is 23.3. The standard InChI is InChI=1S/C19H39N5O.HI/c1-6-20-19(23(5)16-18(25)24(7-2)8-3)21-14-15-22(4)17-12-10-9-11-13-17;/h17H,6-16H2,1-5H3,(H,20,21);1H. The summed E-state index contributed by atoms with van der Waals surface area (Å²) in [6.45, 7) is 10.5. The summed E-state index contributed by atoms with van der Waals surface area (Å²) in [5.41, 5.74) is 0. The van der Waals surface area contributed by atoms with E-state index < -0.39 is 0 Å². The largest absolute Gasteiger partial charge is 0.357 e. The van der Waals surface area contributed by atoms with Gasteiger partial charge in [-0.1, -0.05) is 19.3 Å². The molecule has 1 saturated carbocycles. The molecule has 26 heavy (non-hydrogen) atoms. The summed E-state index contributed by atoms with van der Waals surface area (Å²) in [6, 6.07) is 0.716. The van der Waals surface area contributed by atoms with Crippen molar-refractivity contribution < 1.29 is 4.79 Å². The zero-order valence-corrected chi connectivity index (χ0v) is 19.8. The van der Waals surface area contributed by atoms with E-state index in [0.717, 1.165) is 38.7 Å². The average Bonchev–Trinajstić information content (AvgIpc) is 2.62. The van der Waals surface area contributed by atoms with Crippen LogP contribution in [0, 0.1) is 0 Å². The smallest absolute Gasteiger partial charge is 0.242 e. The lowest BCUT2D eigenvalue weighted by molar-refractivity contribution is -0.131. The van der Waals surface area contributed by atoms with Gasteiger partial charge in [0.2, 0.25) is 5.91 Å². The van der Waals surface area contributed by atoms with Gasteiger partial charge in [0.25, 0.3) is 0 Å². The first-order valence-electron chi connectivity index (χ1n) is 10.0. The van der Waals surface area contributed by atoms with Crippen molar-refractivity contribution in [1.82, 2.24) is 20.0 Å². The third-order valence-corrected chi connectivity index (χ3v) is 5.10. The highest BCUT2D eigenvalue weighted by Gasteiger charge is 2.18. The minimum atomic E-state index is 0. The van der Waals surface area contributed by atoms with Crippen LogP contribution in [0.2, 0.25) is 0 Å². The molecule has 0 aromatic heterocycles. The van der Waals surface area contributed by atoms with Crippen LogP contribution in [0.15, 0.2) is 4.99 Å². The number of aliphatic imine (C=N–C) groups is 1. The zero-order valence-electron chi connectivity index (χ0n) is 17.5. The molecule has 0 heterocycles. The normalized spacial score (nSPS) is 15.5. The highest BCUT2D eigenvalue weighted by molar-refractivity contribution is 14.0. The average molecular weight is 481 g/mol. The van der Waals surface area contributed by atoms with Gasteiger partial charge in [0.05, 0.1) is 13.1 Å². The van der Waals surface area contributed by atoms with E-state index in [2.05, 4.69) is 24.2 Å². The van der Waals surface area contributed by atoms with E-state index in [0.29, 0.717) is 12.6 Å². The van der Waals surface area contributed by atoms with E-state index in [1.807, 2.05) is 30.7 Å². The molecule has 0 aromatic carbocycles. The molecular weight excluding hydrogens is 441 g/mol. The molecule has 0 aliphatic heterocycles. The van der Waals surface area contributed by atoms with Crippen LogP contribution in [-0.2, 0) is 4.79 Å². The first-order chi connectivity index (χ1) is 12.0. The van der Waals surface area contributed by atoms with Crippen molar-refractivity contribution >= 4 is 35.8 Å². The molecule has 1 rings (SSSR count). The minimum absolute atomic E-state index is 0. The van der Waals surface area contributed by atoms with Crippen molar-refractivity contribution in [2.75, 3.05) is 53.4 Å². The van der Waals surface area contributed by atoms with E-state index in [1.54, 1.807) is 0 Å². The predicted molar refractivity (Wildman–Crippen MR) is 121 cm³/mol. The van der Waals surface area contributed by atoms with Crippen molar-refractivity contribution in [3.8, 4) is 0 Å². The Kier molecular flexibility index (Phi) is 14.2. The quantitative estimate of drug-likeness (QED) is 0.313. The van der Waals surface area contributed by atoms with Crippen LogP contribution in [0.5, 0.6) is 0 Å². The summed E-state index contributed by atoms with van der Waals surface area (Å²) in [6.07, 6.45) is 6.74. The number of guanidine groups is 1. The molecule has 1 aliphatic carbocycles. The van der Waals surface area contributed by atoms with Crippen LogP contribution in [0.3, 0.4) is 0 Å². The third-order valence-electron chi connectivity index (χ3n) is 5.10. The second-order valence-corrected chi connectivity index (χ2v) is 6.93. The van der Waals surface area contributed by atoms with Crippen LogP contribution in [0.1, 0.15) is 52.9 Å². The van der Waals surface area contributed by atoms with Gasteiger partial charge in [-0.2, -0.15) is 0 Å². The molecule has 154 valence electrons. The van der Waals surface area contributed by atoms with E-state index >= 15 is 0 Å². The highest BCUT2D eigenvalue weighted by Crippen LogP contribution is 2.21. The molecule has 1 aliphatic rings. The number of hydrogen-bond acceptors (Lipinski definition) is 3. The summed E-state index contributed by atoms with van der Waals surface area (Å²) < 4.78 is 0. The number of amides is 1. The summed E-state index contributed by atoms with van der Waals surface area (Å²) in [5, 5.41) is 3.30. The first kappa shape index (κ1) is 25.4. The Bertz CT molecular complexity index is 409. The van der Waals surface area contributed by atoms with Gasteiger partial charge in [-0.25, -0.2) is 0 Å². The summed E-state index contributed by atoms with van der Waals surface area (Å²) >= 11 is 0. The number of hydrogen-bond donors (Lipinski definition) is 1. The Hall–Kier alpha value is -0.570. The summed E-state index contributed by atoms with van der Waals surface area (Å²) in [7, 11) is 4.15. The molecule has 0 unspecified atom stereocenters. The second-order valence-electron chi connectivity index (χ2n) is 6.93. The molecule has 0 spiro atoms. The van der Waals surface area contributed by atoms with Gasteiger partial charge < -0.3 is 20.0 Å². The third kappa shape index (κ3) is 8.88. The predicted octanol–water partition coefficient (Wildman–Crippen LogP) is 2.63. The van der Waals surface area contributed by atoms with Gasteiger partial charge in [0, 0.05) is 39.3 Å². The van der Waals surface area contributed by atoms with Gasteiger partial charge in [0.1, 0.15) is 0 Å². The molecular formula is C19H40IN5O. The van der Waals surface area contributed by atoms with E-state index in [9.17, 15) is 4.79 Å². The molecule has 1 amide bonds. The van der Waals surface area contributed by atoms with Crippen molar-refractivity contribution in [2.45, 2.75) is 58.9 Å². The fourth-order valence-corrected chi connectivity index (χ4v) is 3.44. The number of halogens is 1. The molecule has 1 N–H and O–H groups in total. The van der Waals surface area contributed by atoms with Crippen LogP contribution < -0.4 is 5.32 Å². The van der Waals surface area contributed by atoms with E-state index in [-0.39, 0.29) is 29.9 Å². The number of likely N-dealkylation sites (N-methyl/N-ethyl adjacent to an activating group) is 3. The lowest BCUT2D eigenvalue weighted by Crippen LogP contribution is -2.46. The molecule has 0 bridgehead atoms. The summed E-state index contributed by atoms with van der Waals surface area (Å²) in [5.74, 6) is 0.970. The van der Waals surface area contributed by atoms with E-state index in [1.165, 1.54) is 32.1 Å². The number of nitrogens with zero attached hydrogens (tertiary/aromatic N) is 4. The molecule has 0 saturated heterocycles. The van der Waals surface area contributed by atoms with Crippen molar-refractivity contribution in [1.29, 1.82) is 0 Å². The van der Waals surface area contributed by atoms with Gasteiger partial charge in [-0.15, -0.1) is 24.0 Å². The number of carbonyl (C=O) groups is 1. The molecule has 6 nitrogen and oxygen atoms in total. The Labute approximate surface area is 177 Å². The molecule has 0 atom stereocenters. The fourth-order valence-electron chi connectivity index (χ4n) is 3.44. The number of nitrogens with one attached hydrogen (secondary N) is 1. The lowest BCUT2D eigenvalue weighted by atomic mass is 9.94. The molecule has 0 aromatic rings. The van der Waals surface area contributed by atoms with Crippen molar-refractivity contribution in [2.24, 2.45) is 4.99 Å². The first-order valence-corrected chi connectivity index (χ1v) is 10.0. The van der Waals surface area contributed by atoms with E-state index in [4.69, 9.17) is 4.99 Å².